The summed E-state index contributed by atoms with van der Waals surface area (Å²) in [4.78, 5) is 24.7. The van der Waals surface area contributed by atoms with Gasteiger partial charge in [-0.2, -0.15) is 0 Å². The van der Waals surface area contributed by atoms with E-state index < -0.39 is 0 Å². The summed E-state index contributed by atoms with van der Waals surface area (Å²) in [6.45, 7) is 6.25. The molecule has 3 aromatic carbocycles. The normalized spacial score (nSPS) is 10.8. The van der Waals surface area contributed by atoms with Crippen molar-refractivity contribution >= 4 is 40.5 Å². The molecular weight excluding hydrogens is 434 g/mol. The van der Waals surface area contributed by atoms with E-state index in [-0.39, 0.29) is 28.9 Å². The van der Waals surface area contributed by atoms with Gasteiger partial charge in [0.1, 0.15) is 5.75 Å². The smallest absolute Gasteiger partial charge is 0.262 e. The Labute approximate surface area is 199 Å². The zero-order valence-corrected chi connectivity index (χ0v) is 19.7. The number of anilines is 2. The maximum absolute atomic E-state index is 12.5. The molecule has 0 fully saturated rings. The highest BCUT2D eigenvalue weighted by Gasteiger charge is 2.15. The van der Waals surface area contributed by atoms with E-state index in [2.05, 4.69) is 36.7 Å². The second-order valence-corrected chi connectivity index (χ2v) is 8.87. The summed E-state index contributed by atoms with van der Waals surface area (Å²) in [5.41, 5.74) is 2.89. The lowest BCUT2D eigenvalue weighted by Crippen LogP contribution is -2.34. The third-order valence-corrected chi connectivity index (χ3v) is 4.96. The first-order valence-corrected chi connectivity index (χ1v) is 10.9. The van der Waals surface area contributed by atoms with Crippen LogP contribution < -0.4 is 20.7 Å². The first kappa shape index (κ1) is 23.9. The van der Waals surface area contributed by atoms with Crippen LogP contribution in [-0.4, -0.2) is 23.5 Å². The van der Waals surface area contributed by atoms with Gasteiger partial charge in [-0.1, -0.05) is 57.2 Å². The van der Waals surface area contributed by atoms with Crippen LogP contribution >= 0.6 is 12.2 Å². The minimum atomic E-state index is -0.296. The number of nitrogens with one attached hydrogen (secondary N) is 3. The predicted molar refractivity (Wildman–Crippen MR) is 136 cm³/mol. The minimum absolute atomic E-state index is 0.0139. The number of amides is 2. The third kappa shape index (κ3) is 7.43. The zero-order chi connectivity index (χ0) is 23.8. The van der Waals surface area contributed by atoms with Gasteiger partial charge >= 0.3 is 0 Å². The Kier molecular flexibility index (Phi) is 7.79. The van der Waals surface area contributed by atoms with Crippen LogP contribution in [0, 0.1) is 0 Å². The number of thiocarbonyl (C=S) groups is 1. The van der Waals surface area contributed by atoms with Gasteiger partial charge in [-0.25, -0.2) is 0 Å². The number of hydrogen-bond donors (Lipinski definition) is 3. The molecule has 7 heteroatoms. The van der Waals surface area contributed by atoms with Crippen molar-refractivity contribution in [2.75, 3.05) is 17.2 Å². The predicted octanol–water partition coefficient (Wildman–Crippen LogP) is 5.13. The van der Waals surface area contributed by atoms with Crippen molar-refractivity contribution < 1.29 is 14.3 Å². The van der Waals surface area contributed by atoms with Crippen LogP contribution in [0.1, 0.15) is 36.7 Å². The van der Waals surface area contributed by atoms with E-state index in [0.29, 0.717) is 22.7 Å². The number of carbonyl (C=O) groups is 2. The molecule has 0 atom stereocenters. The van der Waals surface area contributed by atoms with Gasteiger partial charge in [0, 0.05) is 16.9 Å². The van der Waals surface area contributed by atoms with Crippen molar-refractivity contribution in [3.8, 4) is 5.75 Å². The molecule has 0 aliphatic rings. The lowest BCUT2D eigenvalue weighted by molar-refractivity contribution is -0.118. The molecule has 2 amide bonds. The molecule has 0 aromatic heterocycles. The van der Waals surface area contributed by atoms with Crippen molar-refractivity contribution in [3.63, 3.8) is 0 Å². The Balaban J connectivity index is 1.52. The van der Waals surface area contributed by atoms with Gasteiger partial charge in [0.15, 0.2) is 11.7 Å². The first-order chi connectivity index (χ1) is 15.7. The van der Waals surface area contributed by atoms with Crippen LogP contribution in [0.5, 0.6) is 5.75 Å². The quantitative estimate of drug-likeness (QED) is 0.444. The van der Waals surface area contributed by atoms with Gasteiger partial charge in [-0.15, -0.1) is 0 Å². The average molecular weight is 462 g/mol. The maximum Gasteiger partial charge on any atom is 0.262 e. The highest BCUT2D eigenvalue weighted by atomic mass is 32.1. The molecule has 170 valence electrons. The molecule has 3 aromatic rings. The number of hydrogen-bond acceptors (Lipinski definition) is 4. The molecule has 0 heterocycles. The fourth-order valence-corrected chi connectivity index (χ4v) is 3.21. The Morgan fingerprint density at radius 2 is 1.48 bits per heavy atom. The van der Waals surface area contributed by atoms with E-state index in [0.717, 1.165) is 5.56 Å². The fraction of sp³-hybridized carbons (Fsp3) is 0.192. The van der Waals surface area contributed by atoms with E-state index in [1.165, 1.54) is 0 Å². The van der Waals surface area contributed by atoms with E-state index in [4.69, 9.17) is 17.0 Å². The van der Waals surface area contributed by atoms with Crippen LogP contribution in [0.2, 0.25) is 0 Å². The molecule has 0 saturated heterocycles. The van der Waals surface area contributed by atoms with Gasteiger partial charge in [-0.05, 0) is 65.7 Å². The summed E-state index contributed by atoms with van der Waals surface area (Å²) in [5.74, 6) is 0.0401. The molecule has 0 aliphatic heterocycles. The summed E-state index contributed by atoms with van der Waals surface area (Å²) < 4.78 is 5.45. The maximum atomic E-state index is 12.5. The third-order valence-electron chi connectivity index (χ3n) is 4.76. The van der Waals surface area contributed by atoms with Crippen LogP contribution in [0.4, 0.5) is 11.4 Å². The lowest BCUT2D eigenvalue weighted by atomic mass is 9.87. The molecule has 3 N–H and O–H groups in total. The molecule has 0 unspecified atom stereocenters. The number of carbonyl (C=O) groups excluding carboxylic acids is 2. The van der Waals surface area contributed by atoms with Crippen molar-refractivity contribution in [1.29, 1.82) is 0 Å². The zero-order valence-electron chi connectivity index (χ0n) is 18.8. The summed E-state index contributed by atoms with van der Waals surface area (Å²) in [6.07, 6.45) is 0. The summed E-state index contributed by atoms with van der Waals surface area (Å²) in [5, 5.41) is 8.58. The van der Waals surface area contributed by atoms with Crippen molar-refractivity contribution in [1.82, 2.24) is 5.32 Å². The monoisotopic (exact) mass is 461 g/mol. The van der Waals surface area contributed by atoms with Crippen molar-refractivity contribution in [3.05, 3.63) is 90.0 Å². The van der Waals surface area contributed by atoms with E-state index in [1.807, 2.05) is 30.3 Å². The second kappa shape index (κ2) is 10.7. The van der Waals surface area contributed by atoms with Gasteiger partial charge in [0.25, 0.3) is 11.8 Å². The highest BCUT2D eigenvalue weighted by Crippen LogP contribution is 2.22. The summed E-state index contributed by atoms with van der Waals surface area (Å²) >= 11 is 5.27. The highest BCUT2D eigenvalue weighted by molar-refractivity contribution is 7.80. The minimum Gasteiger partial charge on any atom is -0.484 e. The molecule has 33 heavy (non-hydrogen) atoms. The summed E-state index contributed by atoms with van der Waals surface area (Å²) in [6, 6.07) is 23.6. The van der Waals surface area contributed by atoms with Crippen LogP contribution in [-0.2, 0) is 10.2 Å². The summed E-state index contributed by atoms with van der Waals surface area (Å²) in [7, 11) is 0. The SMILES string of the molecule is CC(C)(C)c1ccc(C(=O)NC(=S)Nc2cccc(NC(=O)COc3ccccc3)c2)cc1. The number of rotatable bonds is 6. The number of benzene rings is 3. The molecule has 0 bridgehead atoms. The molecule has 0 spiro atoms. The number of para-hydroxylation sites is 1. The van der Waals surface area contributed by atoms with Crippen molar-refractivity contribution in [2.24, 2.45) is 0 Å². The molecule has 0 saturated carbocycles. The van der Waals surface area contributed by atoms with Gasteiger partial charge < -0.3 is 15.4 Å². The lowest BCUT2D eigenvalue weighted by Gasteiger charge is -2.19. The van der Waals surface area contributed by atoms with Crippen LogP contribution in [0.15, 0.2) is 78.9 Å². The largest absolute Gasteiger partial charge is 0.484 e. The first-order valence-electron chi connectivity index (χ1n) is 10.5. The molecule has 6 nitrogen and oxygen atoms in total. The second-order valence-electron chi connectivity index (χ2n) is 8.47. The van der Waals surface area contributed by atoms with Gasteiger partial charge in [0.05, 0.1) is 0 Å². The van der Waals surface area contributed by atoms with E-state index >= 15 is 0 Å². The standard InChI is InChI=1S/C26H27N3O3S/c1-26(2,3)19-14-12-18(13-15-19)24(31)29-25(33)28-21-9-7-8-20(16-21)27-23(30)17-32-22-10-5-4-6-11-22/h4-16H,17H2,1-3H3,(H,27,30)(H2,28,29,31,33). The number of ether oxygens (including phenoxy) is 1. The Bertz CT molecular complexity index is 1120. The molecule has 3 rings (SSSR count). The fourth-order valence-electron chi connectivity index (χ4n) is 3.00. The Morgan fingerprint density at radius 3 is 2.12 bits per heavy atom. The van der Waals surface area contributed by atoms with E-state index in [9.17, 15) is 9.59 Å². The van der Waals surface area contributed by atoms with Crippen LogP contribution in [0.25, 0.3) is 0 Å². The van der Waals surface area contributed by atoms with Crippen LogP contribution in [0.3, 0.4) is 0 Å². The van der Waals surface area contributed by atoms with Gasteiger partial charge in [-0.3, -0.25) is 14.9 Å². The topological polar surface area (TPSA) is 79.5 Å². The molecular formula is C26H27N3O3S. The Morgan fingerprint density at radius 1 is 0.848 bits per heavy atom. The Hall–Kier alpha value is -3.71. The molecule has 0 radical (unpaired) electrons. The van der Waals surface area contributed by atoms with Gasteiger partial charge in [0.2, 0.25) is 0 Å². The molecule has 0 aliphatic carbocycles. The van der Waals surface area contributed by atoms with Crippen molar-refractivity contribution in [2.45, 2.75) is 26.2 Å². The van der Waals surface area contributed by atoms with E-state index in [1.54, 1.807) is 48.5 Å². The average Bonchev–Trinajstić information content (AvgIpc) is 2.78.